The van der Waals surface area contributed by atoms with E-state index in [1.807, 2.05) is 45.0 Å². The maximum absolute atomic E-state index is 13.2. The standard InChI is InChI=1S/C21H27NO4/c1-20(2,3)26-19(24)22-17-13-9-8-10-15(17)14-21(22,18(23)25-4)16-11-6-5-7-12-16/h6,8-11,13,16H,5,7,12,14H2,1-4H3. The minimum absolute atomic E-state index is 0.108. The van der Waals surface area contributed by atoms with Gasteiger partial charge in [0.15, 0.2) is 5.54 Å². The van der Waals surface area contributed by atoms with Crippen LogP contribution < -0.4 is 4.90 Å². The fraction of sp³-hybridized carbons (Fsp3) is 0.524. The molecule has 1 aromatic rings. The SMILES string of the molecule is COC(=O)C1(C2C=CCCC2)Cc2ccccc2N1C(=O)OC(C)(C)C. The maximum atomic E-state index is 13.2. The van der Waals surface area contributed by atoms with Gasteiger partial charge in [-0.1, -0.05) is 30.4 Å². The first-order chi connectivity index (χ1) is 12.3. The third-order valence-electron chi connectivity index (χ3n) is 5.07. The van der Waals surface area contributed by atoms with Gasteiger partial charge < -0.3 is 9.47 Å². The van der Waals surface area contributed by atoms with Crippen LogP contribution >= 0.6 is 0 Å². The maximum Gasteiger partial charge on any atom is 0.415 e. The van der Waals surface area contributed by atoms with E-state index in [-0.39, 0.29) is 5.92 Å². The van der Waals surface area contributed by atoms with Gasteiger partial charge in [-0.3, -0.25) is 4.90 Å². The van der Waals surface area contributed by atoms with Crippen molar-refractivity contribution in [2.75, 3.05) is 12.0 Å². The lowest BCUT2D eigenvalue weighted by Gasteiger charge is -2.42. The average Bonchev–Trinajstić information content (AvgIpc) is 2.96. The number of benzene rings is 1. The summed E-state index contributed by atoms with van der Waals surface area (Å²) in [7, 11) is 1.38. The number of esters is 1. The molecular formula is C21H27NO4. The number of carbonyl (C=O) groups is 2. The molecule has 1 aliphatic heterocycles. The molecule has 0 N–H and O–H groups in total. The second-order valence-corrected chi connectivity index (χ2v) is 8.00. The first kappa shape index (κ1) is 18.5. The predicted molar refractivity (Wildman–Crippen MR) is 100 cm³/mol. The summed E-state index contributed by atoms with van der Waals surface area (Å²) in [6.07, 6.45) is 6.89. The van der Waals surface area contributed by atoms with Crippen molar-refractivity contribution in [3.63, 3.8) is 0 Å². The average molecular weight is 357 g/mol. The molecule has 0 saturated carbocycles. The van der Waals surface area contributed by atoms with E-state index in [4.69, 9.17) is 9.47 Å². The lowest BCUT2D eigenvalue weighted by molar-refractivity contribution is -0.148. The first-order valence-electron chi connectivity index (χ1n) is 9.16. The van der Waals surface area contributed by atoms with Crippen molar-refractivity contribution in [2.45, 2.75) is 57.6 Å². The van der Waals surface area contributed by atoms with Crippen LogP contribution in [0, 0.1) is 5.92 Å². The molecule has 2 unspecified atom stereocenters. The number of carbonyl (C=O) groups excluding carboxylic acids is 2. The Morgan fingerprint density at radius 3 is 2.58 bits per heavy atom. The Kier molecular flexibility index (Phi) is 4.82. The molecule has 1 amide bonds. The molecule has 0 radical (unpaired) electrons. The first-order valence-corrected chi connectivity index (χ1v) is 9.16. The molecular weight excluding hydrogens is 330 g/mol. The van der Waals surface area contributed by atoms with Crippen LogP contribution in [-0.2, 0) is 20.7 Å². The van der Waals surface area contributed by atoms with Gasteiger partial charge in [0, 0.05) is 12.3 Å². The molecule has 5 heteroatoms. The minimum Gasteiger partial charge on any atom is -0.467 e. The Labute approximate surface area is 155 Å². The molecule has 1 heterocycles. The molecule has 1 aliphatic carbocycles. The summed E-state index contributed by atoms with van der Waals surface area (Å²) < 4.78 is 10.9. The number of nitrogens with zero attached hydrogens (tertiary/aromatic N) is 1. The molecule has 5 nitrogen and oxygen atoms in total. The van der Waals surface area contributed by atoms with Crippen LogP contribution in [0.5, 0.6) is 0 Å². The van der Waals surface area contributed by atoms with Crippen LogP contribution in [0.4, 0.5) is 10.5 Å². The van der Waals surface area contributed by atoms with Crippen LogP contribution in [-0.4, -0.2) is 30.3 Å². The van der Waals surface area contributed by atoms with Crippen molar-refractivity contribution in [3.05, 3.63) is 42.0 Å². The van der Waals surface area contributed by atoms with Crippen LogP contribution in [0.2, 0.25) is 0 Å². The van der Waals surface area contributed by atoms with Gasteiger partial charge >= 0.3 is 12.1 Å². The topological polar surface area (TPSA) is 55.8 Å². The summed E-state index contributed by atoms with van der Waals surface area (Å²) in [5.41, 5.74) is -0.0646. The van der Waals surface area contributed by atoms with Gasteiger partial charge in [0.25, 0.3) is 0 Å². The lowest BCUT2D eigenvalue weighted by Crippen LogP contribution is -2.61. The van der Waals surface area contributed by atoms with Crippen molar-refractivity contribution in [1.29, 1.82) is 0 Å². The number of fused-ring (bicyclic) bond motifs is 1. The van der Waals surface area contributed by atoms with Crippen molar-refractivity contribution >= 4 is 17.7 Å². The van der Waals surface area contributed by atoms with E-state index in [0.717, 1.165) is 30.5 Å². The van der Waals surface area contributed by atoms with Crippen LogP contribution in [0.15, 0.2) is 36.4 Å². The molecule has 0 aromatic heterocycles. The van der Waals surface area contributed by atoms with E-state index in [9.17, 15) is 9.59 Å². The molecule has 26 heavy (non-hydrogen) atoms. The molecule has 3 rings (SSSR count). The van der Waals surface area contributed by atoms with Gasteiger partial charge in [0.2, 0.25) is 0 Å². The normalized spacial score (nSPS) is 24.9. The van der Waals surface area contributed by atoms with E-state index in [1.54, 1.807) is 4.90 Å². The van der Waals surface area contributed by atoms with Gasteiger partial charge in [0.1, 0.15) is 5.60 Å². The summed E-state index contributed by atoms with van der Waals surface area (Å²) in [6.45, 7) is 5.48. The summed E-state index contributed by atoms with van der Waals surface area (Å²) in [5.74, 6) is -0.500. The highest BCUT2D eigenvalue weighted by atomic mass is 16.6. The van der Waals surface area contributed by atoms with Gasteiger partial charge in [0.05, 0.1) is 12.8 Å². The Hall–Kier alpha value is -2.30. The summed E-state index contributed by atoms with van der Waals surface area (Å²) in [5, 5.41) is 0. The largest absolute Gasteiger partial charge is 0.467 e. The fourth-order valence-electron chi connectivity index (χ4n) is 4.03. The summed E-state index contributed by atoms with van der Waals surface area (Å²) in [4.78, 5) is 27.8. The number of methoxy groups -OCH3 is 1. The molecule has 2 atom stereocenters. The summed E-state index contributed by atoms with van der Waals surface area (Å²) >= 11 is 0. The number of amides is 1. The second-order valence-electron chi connectivity index (χ2n) is 8.00. The van der Waals surface area contributed by atoms with Gasteiger partial charge in [-0.2, -0.15) is 0 Å². The predicted octanol–water partition coefficient (Wildman–Crippen LogP) is 4.25. The van der Waals surface area contributed by atoms with Crippen molar-refractivity contribution in [3.8, 4) is 0 Å². The number of ether oxygens (including phenoxy) is 2. The summed E-state index contributed by atoms with van der Waals surface area (Å²) in [6, 6.07) is 7.64. The number of para-hydroxylation sites is 1. The van der Waals surface area contributed by atoms with Crippen LogP contribution in [0.3, 0.4) is 0 Å². The second kappa shape index (κ2) is 6.78. The molecule has 2 aliphatic rings. The number of rotatable bonds is 2. The zero-order valence-corrected chi connectivity index (χ0v) is 16.0. The molecule has 0 saturated heterocycles. The van der Waals surface area contributed by atoms with Crippen LogP contribution in [0.25, 0.3) is 0 Å². The molecule has 0 bridgehead atoms. The van der Waals surface area contributed by atoms with E-state index in [2.05, 4.69) is 12.2 Å². The van der Waals surface area contributed by atoms with E-state index >= 15 is 0 Å². The van der Waals surface area contributed by atoms with Gasteiger partial charge in [-0.25, -0.2) is 9.59 Å². The van der Waals surface area contributed by atoms with E-state index < -0.39 is 23.2 Å². The van der Waals surface area contributed by atoms with Crippen molar-refractivity contribution in [1.82, 2.24) is 0 Å². The van der Waals surface area contributed by atoms with Gasteiger partial charge in [-0.05, 0) is 51.7 Å². The molecule has 0 spiro atoms. The smallest absolute Gasteiger partial charge is 0.415 e. The molecule has 1 aromatic carbocycles. The van der Waals surface area contributed by atoms with Crippen molar-refractivity contribution in [2.24, 2.45) is 5.92 Å². The zero-order chi connectivity index (χ0) is 18.9. The van der Waals surface area contributed by atoms with E-state index in [1.165, 1.54) is 7.11 Å². The number of allylic oxidation sites excluding steroid dienone is 1. The number of hydrogen-bond acceptors (Lipinski definition) is 4. The third kappa shape index (κ3) is 3.11. The van der Waals surface area contributed by atoms with E-state index in [0.29, 0.717) is 6.42 Å². The Morgan fingerprint density at radius 1 is 1.23 bits per heavy atom. The highest BCUT2D eigenvalue weighted by molar-refractivity contribution is 6.02. The highest BCUT2D eigenvalue weighted by Gasteiger charge is 2.58. The van der Waals surface area contributed by atoms with Gasteiger partial charge in [-0.15, -0.1) is 0 Å². The lowest BCUT2D eigenvalue weighted by atomic mass is 9.75. The monoisotopic (exact) mass is 357 g/mol. The fourth-order valence-corrected chi connectivity index (χ4v) is 4.03. The highest BCUT2D eigenvalue weighted by Crippen LogP contribution is 2.47. The third-order valence-corrected chi connectivity index (χ3v) is 5.07. The molecule has 0 fully saturated rings. The zero-order valence-electron chi connectivity index (χ0n) is 16.0. The Bertz CT molecular complexity index is 734. The number of anilines is 1. The number of hydrogen-bond donors (Lipinski definition) is 0. The van der Waals surface area contributed by atoms with Crippen LogP contribution in [0.1, 0.15) is 45.6 Å². The Balaban J connectivity index is 2.14. The Morgan fingerprint density at radius 2 is 1.96 bits per heavy atom. The minimum atomic E-state index is -1.10. The quantitative estimate of drug-likeness (QED) is 0.586. The van der Waals surface area contributed by atoms with Crippen molar-refractivity contribution < 1.29 is 19.1 Å². The molecule has 140 valence electrons.